The van der Waals surface area contributed by atoms with E-state index in [9.17, 15) is 9.65 Å². The van der Waals surface area contributed by atoms with Gasteiger partial charge in [-0.15, -0.1) is 0 Å². The van der Waals surface area contributed by atoms with E-state index in [4.69, 9.17) is 0 Å². The zero-order chi connectivity index (χ0) is 16.5. The average Bonchev–Trinajstić information content (AvgIpc) is 3.35. The lowest BCUT2D eigenvalue weighted by atomic mass is 10.1. The summed E-state index contributed by atoms with van der Waals surface area (Å²) >= 11 is 0. The molecule has 2 aliphatic rings. The lowest BCUT2D eigenvalue weighted by Gasteiger charge is -2.20. The third-order valence-electron chi connectivity index (χ3n) is 4.60. The molecule has 0 bridgehead atoms. The summed E-state index contributed by atoms with van der Waals surface area (Å²) in [6, 6.07) is 8.87. The van der Waals surface area contributed by atoms with Crippen LogP contribution in [0.4, 0.5) is 15.9 Å². The van der Waals surface area contributed by atoms with Gasteiger partial charge in [0.1, 0.15) is 29.1 Å². The molecule has 5 nitrogen and oxygen atoms in total. The number of hydrogen-bond acceptors (Lipinski definition) is 5. The average molecular weight is 323 g/mol. The fourth-order valence-corrected chi connectivity index (χ4v) is 3.19. The Morgan fingerprint density at radius 2 is 2.12 bits per heavy atom. The van der Waals surface area contributed by atoms with E-state index in [2.05, 4.69) is 20.2 Å². The maximum absolute atomic E-state index is 13.8. The van der Waals surface area contributed by atoms with Gasteiger partial charge in [-0.05, 0) is 37.5 Å². The minimum absolute atomic E-state index is 0.121. The van der Waals surface area contributed by atoms with Gasteiger partial charge in [0.25, 0.3) is 0 Å². The van der Waals surface area contributed by atoms with Gasteiger partial charge in [0.15, 0.2) is 0 Å². The van der Waals surface area contributed by atoms with Crippen molar-refractivity contribution in [3.63, 3.8) is 0 Å². The van der Waals surface area contributed by atoms with Gasteiger partial charge in [-0.3, -0.25) is 0 Å². The van der Waals surface area contributed by atoms with Crippen LogP contribution in [0.5, 0.6) is 0 Å². The Labute approximate surface area is 140 Å². The number of halogens is 1. The van der Waals surface area contributed by atoms with Crippen molar-refractivity contribution in [1.29, 1.82) is 5.26 Å². The van der Waals surface area contributed by atoms with Crippen molar-refractivity contribution in [2.24, 2.45) is 0 Å². The minimum Gasteiger partial charge on any atom is -0.368 e. The van der Waals surface area contributed by atoms with Crippen LogP contribution in [0.1, 0.15) is 36.6 Å². The molecule has 1 saturated carbocycles. The van der Waals surface area contributed by atoms with Gasteiger partial charge < -0.3 is 10.2 Å². The molecule has 0 radical (unpaired) electrons. The summed E-state index contributed by atoms with van der Waals surface area (Å²) in [7, 11) is 0. The largest absolute Gasteiger partial charge is 0.368 e. The highest BCUT2D eigenvalue weighted by Crippen LogP contribution is 2.38. The number of rotatable bonds is 4. The molecule has 0 amide bonds. The molecule has 1 aromatic carbocycles. The summed E-state index contributed by atoms with van der Waals surface area (Å²) in [4.78, 5) is 11.0. The molecule has 0 spiro atoms. The fourth-order valence-electron chi connectivity index (χ4n) is 3.19. The number of aromatic nitrogens is 2. The van der Waals surface area contributed by atoms with E-state index >= 15 is 0 Å². The van der Waals surface area contributed by atoms with Crippen LogP contribution in [0.25, 0.3) is 0 Å². The zero-order valence-corrected chi connectivity index (χ0v) is 13.2. The van der Waals surface area contributed by atoms with E-state index in [1.165, 1.54) is 18.9 Å². The van der Waals surface area contributed by atoms with E-state index in [1.54, 1.807) is 18.3 Å². The van der Waals surface area contributed by atoms with Crippen LogP contribution >= 0.6 is 0 Å². The van der Waals surface area contributed by atoms with Gasteiger partial charge in [0.05, 0.1) is 5.69 Å². The van der Waals surface area contributed by atoms with Crippen LogP contribution in [-0.4, -0.2) is 29.1 Å². The highest BCUT2D eigenvalue weighted by atomic mass is 19.1. The zero-order valence-electron chi connectivity index (χ0n) is 13.2. The third-order valence-corrected chi connectivity index (χ3v) is 4.60. The molecule has 1 aromatic heterocycles. The molecule has 1 atom stereocenters. The Morgan fingerprint density at radius 1 is 1.25 bits per heavy atom. The molecular weight excluding hydrogens is 305 g/mol. The van der Waals surface area contributed by atoms with E-state index in [0.29, 0.717) is 11.6 Å². The van der Waals surface area contributed by atoms with Crippen molar-refractivity contribution < 1.29 is 4.39 Å². The van der Waals surface area contributed by atoms with Crippen molar-refractivity contribution in [3.8, 4) is 6.07 Å². The number of nitriles is 1. The van der Waals surface area contributed by atoms with Crippen molar-refractivity contribution >= 4 is 11.5 Å². The number of nitrogens with one attached hydrogen (secondary N) is 1. The molecule has 2 aromatic rings. The van der Waals surface area contributed by atoms with Crippen molar-refractivity contribution in [1.82, 2.24) is 9.97 Å². The first-order valence-corrected chi connectivity index (χ1v) is 8.27. The van der Waals surface area contributed by atoms with E-state index in [1.807, 2.05) is 12.1 Å². The summed E-state index contributed by atoms with van der Waals surface area (Å²) in [5, 5.41) is 12.6. The molecule has 2 heterocycles. The Balaban J connectivity index is 1.46. The number of nitrogens with zero attached hydrogens (tertiary/aromatic N) is 4. The van der Waals surface area contributed by atoms with E-state index in [0.717, 1.165) is 31.2 Å². The van der Waals surface area contributed by atoms with Crippen LogP contribution in [-0.2, 0) is 0 Å². The van der Waals surface area contributed by atoms with Crippen LogP contribution in [0.15, 0.2) is 30.5 Å². The lowest BCUT2D eigenvalue weighted by molar-refractivity contribution is 0.623. The standard InChI is InChI=1S/C18H18FN5/c19-15-2-1-3-16(14(15)10-20)24-9-7-13(11-24)22-17-6-8-21-18(23-17)12-4-5-12/h1-3,6,8,12-13H,4-5,7,9,11H2,(H,21,22,23). The highest BCUT2D eigenvalue weighted by Gasteiger charge is 2.28. The van der Waals surface area contributed by atoms with Crippen LogP contribution < -0.4 is 10.2 Å². The number of hydrogen-bond donors (Lipinski definition) is 1. The highest BCUT2D eigenvalue weighted by molar-refractivity contribution is 5.60. The minimum atomic E-state index is -0.462. The molecule has 24 heavy (non-hydrogen) atoms. The van der Waals surface area contributed by atoms with Gasteiger partial charge in [0, 0.05) is 31.2 Å². The van der Waals surface area contributed by atoms with Gasteiger partial charge in [-0.2, -0.15) is 5.26 Å². The first-order chi connectivity index (χ1) is 11.7. The molecule has 1 aliphatic carbocycles. The maximum Gasteiger partial charge on any atom is 0.143 e. The maximum atomic E-state index is 13.8. The molecule has 2 fully saturated rings. The second-order valence-corrected chi connectivity index (χ2v) is 6.40. The molecule has 4 rings (SSSR count). The molecular formula is C18H18FN5. The summed E-state index contributed by atoms with van der Waals surface area (Å²) < 4.78 is 13.8. The third kappa shape index (κ3) is 2.90. The summed E-state index contributed by atoms with van der Waals surface area (Å²) in [5.74, 6) is 1.83. The summed E-state index contributed by atoms with van der Waals surface area (Å²) in [5.41, 5.74) is 0.791. The van der Waals surface area contributed by atoms with Gasteiger partial charge in [-0.1, -0.05) is 6.07 Å². The first-order valence-electron chi connectivity index (χ1n) is 8.27. The summed E-state index contributed by atoms with van der Waals surface area (Å²) in [6.45, 7) is 1.51. The number of benzene rings is 1. The van der Waals surface area contributed by atoms with Crippen LogP contribution in [0.3, 0.4) is 0 Å². The van der Waals surface area contributed by atoms with Crippen molar-refractivity contribution in [2.45, 2.75) is 31.2 Å². The second-order valence-electron chi connectivity index (χ2n) is 6.40. The Morgan fingerprint density at radius 3 is 2.92 bits per heavy atom. The Hall–Kier alpha value is -2.68. The predicted octanol–water partition coefficient (Wildman–Crippen LogP) is 3.06. The predicted molar refractivity (Wildman–Crippen MR) is 89.4 cm³/mol. The number of anilines is 2. The molecule has 1 aliphatic heterocycles. The Bertz CT molecular complexity index is 796. The second kappa shape index (κ2) is 6.08. The van der Waals surface area contributed by atoms with E-state index < -0.39 is 5.82 Å². The molecule has 1 unspecified atom stereocenters. The van der Waals surface area contributed by atoms with E-state index in [-0.39, 0.29) is 11.6 Å². The van der Waals surface area contributed by atoms with Crippen LogP contribution in [0, 0.1) is 17.1 Å². The molecule has 122 valence electrons. The molecule has 1 saturated heterocycles. The first kappa shape index (κ1) is 14.9. The quantitative estimate of drug-likeness (QED) is 0.937. The van der Waals surface area contributed by atoms with Crippen molar-refractivity contribution in [3.05, 3.63) is 47.7 Å². The smallest absolute Gasteiger partial charge is 0.143 e. The van der Waals surface area contributed by atoms with Gasteiger partial charge in [-0.25, -0.2) is 14.4 Å². The molecule has 1 N–H and O–H groups in total. The summed E-state index contributed by atoms with van der Waals surface area (Å²) in [6.07, 6.45) is 5.08. The van der Waals surface area contributed by atoms with Gasteiger partial charge >= 0.3 is 0 Å². The van der Waals surface area contributed by atoms with Gasteiger partial charge in [0.2, 0.25) is 0 Å². The topological polar surface area (TPSA) is 64.8 Å². The fraction of sp³-hybridized carbons (Fsp3) is 0.389. The normalized spacial score (nSPS) is 20.0. The van der Waals surface area contributed by atoms with Crippen LogP contribution in [0.2, 0.25) is 0 Å². The SMILES string of the molecule is N#Cc1c(F)cccc1N1CCC(Nc2ccnc(C3CC3)n2)C1. The lowest BCUT2D eigenvalue weighted by Crippen LogP contribution is -2.27. The Kier molecular flexibility index (Phi) is 3.77. The van der Waals surface area contributed by atoms with Crippen molar-refractivity contribution in [2.75, 3.05) is 23.3 Å². The monoisotopic (exact) mass is 323 g/mol. The molecule has 6 heteroatoms.